The van der Waals surface area contributed by atoms with Crippen LogP contribution in [0.25, 0.3) is 11.3 Å². The topological polar surface area (TPSA) is 73.2 Å². The molecule has 1 aromatic heterocycles. The maximum Gasteiger partial charge on any atom is 0.416 e. The molecule has 0 unspecified atom stereocenters. The van der Waals surface area contributed by atoms with Gasteiger partial charge >= 0.3 is 6.18 Å². The normalized spacial score (nSPS) is 16.4. The number of aryl methyl sites for hydroxylation is 1. The smallest absolute Gasteiger partial charge is 0.416 e. The monoisotopic (exact) mass is 451 g/mol. The van der Waals surface area contributed by atoms with Crippen molar-refractivity contribution in [3.05, 3.63) is 60.0 Å². The molecular weight excluding hydrogens is 431 g/mol. The van der Waals surface area contributed by atoms with E-state index in [-0.39, 0.29) is 16.6 Å². The van der Waals surface area contributed by atoms with Crippen LogP contribution >= 0.6 is 0 Å². The van der Waals surface area contributed by atoms with Crippen molar-refractivity contribution in [3.8, 4) is 22.8 Å². The van der Waals surface area contributed by atoms with Gasteiger partial charge in [0, 0.05) is 24.2 Å². The summed E-state index contributed by atoms with van der Waals surface area (Å²) in [5.74, 6) is 1.66. The van der Waals surface area contributed by atoms with Crippen molar-refractivity contribution in [1.82, 2.24) is 14.3 Å². The summed E-state index contributed by atoms with van der Waals surface area (Å²) in [6, 6.07) is 8.61. The second-order valence-electron chi connectivity index (χ2n) is 7.36. The summed E-state index contributed by atoms with van der Waals surface area (Å²) in [5.41, 5.74) is 0.192. The third-order valence-corrected chi connectivity index (χ3v) is 6.68. The van der Waals surface area contributed by atoms with E-state index in [9.17, 15) is 21.6 Å². The van der Waals surface area contributed by atoms with Crippen LogP contribution in [0.1, 0.15) is 30.7 Å². The standard InChI is InChI=1S/C21H20F3N3O3S/c1-13-9-10-27-12-18(26-20(13)27)17-11-16(31(28,29)25-2)7-8-19(17)30-15-5-3-14(4-6-15)21(22,23)24/h3-8,11-13,25H,9-10H2,1-2H3/t13-/m0/s1. The number of hydrogen-bond donors (Lipinski definition) is 1. The Balaban J connectivity index is 1.76. The Morgan fingerprint density at radius 1 is 1.16 bits per heavy atom. The minimum absolute atomic E-state index is 0.0333. The van der Waals surface area contributed by atoms with Gasteiger partial charge in [-0.15, -0.1) is 0 Å². The third kappa shape index (κ3) is 4.17. The van der Waals surface area contributed by atoms with E-state index in [1.165, 1.54) is 37.4 Å². The molecule has 1 aliphatic rings. The zero-order valence-corrected chi connectivity index (χ0v) is 17.6. The average Bonchev–Trinajstić information content (AvgIpc) is 3.30. The molecule has 0 spiro atoms. The Labute approximate surface area is 177 Å². The minimum Gasteiger partial charge on any atom is -0.457 e. The van der Waals surface area contributed by atoms with Crippen LogP contribution in [0, 0.1) is 0 Å². The van der Waals surface area contributed by atoms with E-state index in [0.29, 0.717) is 17.0 Å². The van der Waals surface area contributed by atoms with Crippen molar-refractivity contribution in [2.45, 2.75) is 36.9 Å². The fraction of sp³-hybridized carbons (Fsp3) is 0.286. The largest absolute Gasteiger partial charge is 0.457 e. The lowest BCUT2D eigenvalue weighted by Gasteiger charge is -2.13. The van der Waals surface area contributed by atoms with Gasteiger partial charge in [0.1, 0.15) is 17.3 Å². The predicted molar refractivity (Wildman–Crippen MR) is 108 cm³/mol. The molecule has 2 aromatic carbocycles. The van der Waals surface area contributed by atoms with Crippen molar-refractivity contribution < 1.29 is 26.3 Å². The van der Waals surface area contributed by atoms with E-state index in [1.54, 1.807) is 0 Å². The molecule has 1 aliphatic heterocycles. The fourth-order valence-electron chi connectivity index (χ4n) is 3.52. The van der Waals surface area contributed by atoms with Gasteiger partial charge in [-0.25, -0.2) is 18.1 Å². The Morgan fingerprint density at radius 3 is 2.48 bits per heavy atom. The average molecular weight is 451 g/mol. The van der Waals surface area contributed by atoms with Crippen LogP contribution in [-0.4, -0.2) is 25.0 Å². The number of aromatic nitrogens is 2. The van der Waals surface area contributed by atoms with Crippen LogP contribution in [0.2, 0.25) is 0 Å². The lowest BCUT2D eigenvalue weighted by atomic mass is 10.1. The summed E-state index contributed by atoms with van der Waals surface area (Å²) in [5, 5.41) is 0. The number of nitrogens with one attached hydrogen (secondary N) is 1. The van der Waals surface area contributed by atoms with Gasteiger partial charge in [0.2, 0.25) is 10.0 Å². The summed E-state index contributed by atoms with van der Waals surface area (Å²) >= 11 is 0. The molecule has 1 atom stereocenters. The number of alkyl halides is 3. The maximum absolute atomic E-state index is 12.8. The molecule has 0 saturated carbocycles. The highest BCUT2D eigenvalue weighted by Crippen LogP contribution is 2.38. The maximum atomic E-state index is 12.8. The first-order valence-corrected chi connectivity index (χ1v) is 11.1. The Kier molecular flexibility index (Phi) is 5.30. The highest BCUT2D eigenvalue weighted by Gasteiger charge is 2.30. The molecule has 10 heteroatoms. The Hall–Kier alpha value is -2.85. The summed E-state index contributed by atoms with van der Waals surface area (Å²) in [6.07, 6.45) is -1.63. The van der Waals surface area contributed by atoms with Crippen molar-refractivity contribution in [3.63, 3.8) is 0 Å². The second kappa shape index (κ2) is 7.69. The van der Waals surface area contributed by atoms with Crippen LogP contribution in [0.3, 0.4) is 0 Å². The molecule has 31 heavy (non-hydrogen) atoms. The van der Waals surface area contributed by atoms with E-state index in [2.05, 4.69) is 16.6 Å². The molecule has 0 fully saturated rings. The number of hydrogen-bond acceptors (Lipinski definition) is 4. The van der Waals surface area contributed by atoms with Crippen LogP contribution < -0.4 is 9.46 Å². The zero-order valence-electron chi connectivity index (χ0n) is 16.8. The molecular formula is C21H20F3N3O3S. The molecule has 0 aliphatic carbocycles. The Bertz CT molecular complexity index is 1220. The number of rotatable bonds is 5. The van der Waals surface area contributed by atoms with E-state index < -0.39 is 21.8 Å². The zero-order chi connectivity index (χ0) is 22.4. The van der Waals surface area contributed by atoms with Crippen LogP contribution in [0.15, 0.2) is 53.6 Å². The van der Waals surface area contributed by atoms with Crippen LogP contribution in [-0.2, 0) is 22.7 Å². The van der Waals surface area contributed by atoms with Gasteiger partial charge in [0.15, 0.2) is 0 Å². The highest BCUT2D eigenvalue weighted by atomic mass is 32.2. The molecule has 0 amide bonds. The van der Waals surface area contributed by atoms with E-state index >= 15 is 0 Å². The molecule has 0 bridgehead atoms. The minimum atomic E-state index is -4.44. The fourth-order valence-corrected chi connectivity index (χ4v) is 4.27. The van der Waals surface area contributed by atoms with Crippen LogP contribution in [0.5, 0.6) is 11.5 Å². The molecule has 0 saturated heterocycles. The van der Waals surface area contributed by atoms with Gasteiger partial charge in [-0.2, -0.15) is 13.2 Å². The molecule has 1 N–H and O–H groups in total. The quantitative estimate of drug-likeness (QED) is 0.606. The number of imidazole rings is 1. The van der Waals surface area contributed by atoms with Crippen LogP contribution in [0.4, 0.5) is 13.2 Å². The van der Waals surface area contributed by atoms with Gasteiger partial charge in [-0.3, -0.25) is 0 Å². The first kappa shape index (κ1) is 21.4. The van der Waals surface area contributed by atoms with Gasteiger partial charge in [0.05, 0.1) is 16.2 Å². The van der Waals surface area contributed by atoms with Crippen molar-refractivity contribution in [2.24, 2.45) is 0 Å². The van der Waals surface area contributed by atoms with Gasteiger partial charge in [-0.05, 0) is 55.9 Å². The van der Waals surface area contributed by atoms with Crippen molar-refractivity contribution >= 4 is 10.0 Å². The number of nitrogens with zero attached hydrogens (tertiary/aromatic N) is 2. The predicted octanol–water partition coefficient (Wildman–Crippen LogP) is 4.78. The Morgan fingerprint density at radius 2 is 1.87 bits per heavy atom. The lowest BCUT2D eigenvalue weighted by Crippen LogP contribution is -2.18. The summed E-state index contributed by atoms with van der Waals surface area (Å²) < 4.78 is 73.2. The lowest BCUT2D eigenvalue weighted by molar-refractivity contribution is -0.137. The summed E-state index contributed by atoms with van der Waals surface area (Å²) in [4.78, 5) is 4.69. The molecule has 0 radical (unpaired) electrons. The molecule has 6 nitrogen and oxygen atoms in total. The van der Waals surface area contributed by atoms with Gasteiger partial charge in [0.25, 0.3) is 0 Å². The molecule has 2 heterocycles. The molecule has 164 valence electrons. The van der Waals surface area contributed by atoms with E-state index in [4.69, 9.17) is 4.74 Å². The third-order valence-electron chi connectivity index (χ3n) is 5.27. The number of sulfonamides is 1. The van der Waals surface area contributed by atoms with Gasteiger partial charge < -0.3 is 9.30 Å². The second-order valence-corrected chi connectivity index (χ2v) is 9.24. The SMILES string of the molecule is CNS(=O)(=O)c1ccc(Oc2ccc(C(F)(F)F)cc2)c(-c2cn3c(n2)[C@@H](C)CC3)c1. The molecule has 4 rings (SSSR count). The summed E-state index contributed by atoms with van der Waals surface area (Å²) in [7, 11) is -2.40. The number of halogens is 3. The highest BCUT2D eigenvalue weighted by molar-refractivity contribution is 7.89. The van der Waals surface area contributed by atoms with E-state index in [1.807, 2.05) is 10.8 Å². The summed E-state index contributed by atoms with van der Waals surface area (Å²) in [6.45, 7) is 2.88. The number of ether oxygens (including phenoxy) is 1. The van der Waals surface area contributed by atoms with Crippen molar-refractivity contribution in [1.29, 1.82) is 0 Å². The molecule has 3 aromatic rings. The number of fused-ring (bicyclic) bond motifs is 1. The number of benzene rings is 2. The first-order chi connectivity index (χ1) is 14.6. The van der Waals surface area contributed by atoms with E-state index in [0.717, 1.165) is 30.9 Å². The first-order valence-electron chi connectivity index (χ1n) is 9.58. The van der Waals surface area contributed by atoms with Gasteiger partial charge in [-0.1, -0.05) is 6.92 Å². The van der Waals surface area contributed by atoms with Crippen molar-refractivity contribution in [2.75, 3.05) is 7.05 Å².